The van der Waals surface area contributed by atoms with Gasteiger partial charge in [-0.1, -0.05) is 13.8 Å². The van der Waals surface area contributed by atoms with Crippen LogP contribution < -0.4 is 9.64 Å². The number of carbonyl (C=O) groups is 1. The summed E-state index contributed by atoms with van der Waals surface area (Å²) in [7, 11) is 0. The van der Waals surface area contributed by atoms with Gasteiger partial charge in [-0.2, -0.15) is 0 Å². The maximum absolute atomic E-state index is 13.3. The largest absolute Gasteiger partial charge is 0.476 e. The lowest BCUT2D eigenvalue weighted by molar-refractivity contribution is -0.0265. The molecule has 0 atom stereocenters. The maximum atomic E-state index is 13.3. The second-order valence-electron chi connectivity index (χ2n) is 8.63. The Hall–Kier alpha value is -1.92. The highest BCUT2D eigenvalue weighted by Crippen LogP contribution is 2.38. The van der Waals surface area contributed by atoms with E-state index in [0.717, 1.165) is 19.3 Å². The van der Waals surface area contributed by atoms with Crippen LogP contribution in [0.1, 0.15) is 43.6 Å². The van der Waals surface area contributed by atoms with Gasteiger partial charge in [0.2, 0.25) is 5.88 Å². The number of nitrogens with zero attached hydrogens (tertiary/aromatic N) is 3. The van der Waals surface area contributed by atoms with E-state index in [0.29, 0.717) is 42.9 Å². The summed E-state index contributed by atoms with van der Waals surface area (Å²) in [5.74, 6) is -1.96. The first-order valence-corrected chi connectivity index (χ1v) is 9.28. The third-order valence-electron chi connectivity index (χ3n) is 5.36. The highest BCUT2D eigenvalue weighted by Gasteiger charge is 2.45. The highest BCUT2D eigenvalue weighted by molar-refractivity contribution is 5.93. The summed E-state index contributed by atoms with van der Waals surface area (Å²) in [6.45, 7) is 5.57. The fourth-order valence-corrected chi connectivity index (χ4v) is 3.51. The second-order valence-corrected chi connectivity index (χ2v) is 8.63. The summed E-state index contributed by atoms with van der Waals surface area (Å²) < 4.78 is 32.3. The van der Waals surface area contributed by atoms with Crippen molar-refractivity contribution in [2.24, 2.45) is 11.3 Å². The lowest BCUT2D eigenvalue weighted by Crippen LogP contribution is -2.56. The zero-order chi connectivity index (χ0) is 18.5. The van der Waals surface area contributed by atoms with Crippen molar-refractivity contribution >= 4 is 11.6 Å². The topological polar surface area (TPSA) is 45.7 Å². The molecular formula is C19H25F2N3O2. The van der Waals surface area contributed by atoms with Gasteiger partial charge in [0.15, 0.2) is 0 Å². The second kappa shape index (κ2) is 6.06. The van der Waals surface area contributed by atoms with Crippen molar-refractivity contribution in [2.45, 2.75) is 39.0 Å². The number of likely N-dealkylation sites (tertiary alicyclic amines) is 1. The van der Waals surface area contributed by atoms with Gasteiger partial charge in [-0.25, -0.2) is 13.8 Å². The number of ether oxygens (including phenoxy) is 1. The van der Waals surface area contributed by atoms with Gasteiger partial charge in [0, 0.05) is 13.1 Å². The lowest BCUT2D eigenvalue weighted by atomic mass is 9.93. The van der Waals surface area contributed by atoms with Crippen molar-refractivity contribution in [3.63, 3.8) is 0 Å². The van der Waals surface area contributed by atoms with Crippen LogP contribution in [0.3, 0.4) is 0 Å². The Morgan fingerprint density at radius 1 is 1.27 bits per heavy atom. The number of pyridine rings is 1. The van der Waals surface area contributed by atoms with E-state index in [1.54, 1.807) is 17.0 Å². The van der Waals surface area contributed by atoms with Crippen LogP contribution in [0, 0.1) is 11.3 Å². The van der Waals surface area contributed by atoms with E-state index < -0.39 is 5.92 Å². The van der Waals surface area contributed by atoms with E-state index in [9.17, 15) is 13.6 Å². The smallest absolute Gasteiger partial charge is 0.282 e. The van der Waals surface area contributed by atoms with Crippen molar-refractivity contribution in [1.82, 2.24) is 9.88 Å². The van der Waals surface area contributed by atoms with Gasteiger partial charge < -0.3 is 14.5 Å². The molecule has 1 aliphatic carbocycles. The molecule has 0 aromatic carbocycles. The monoisotopic (exact) mass is 365 g/mol. The molecule has 1 aromatic rings. The number of anilines is 1. The molecule has 5 nitrogen and oxygen atoms in total. The van der Waals surface area contributed by atoms with Crippen LogP contribution in [0.4, 0.5) is 14.5 Å². The standard InChI is InChI=1S/C19H25F2N3O2/c1-18(2)7-8-23(10-18)17(25)14-5-6-15(24-11-19(20,21)12-24)16(22-14)26-9-13-3-4-13/h5-6,13H,3-4,7-12H2,1-2H3. The van der Waals surface area contributed by atoms with E-state index >= 15 is 0 Å². The van der Waals surface area contributed by atoms with E-state index in [1.165, 1.54) is 0 Å². The molecule has 2 aliphatic heterocycles. The van der Waals surface area contributed by atoms with E-state index in [4.69, 9.17) is 4.74 Å². The molecule has 1 amide bonds. The zero-order valence-corrected chi connectivity index (χ0v) is 15.3. The molecule has 3 heterocycles. The van der Waals surface area contributed by atoms with Gasteiger partial charge in [0.25, 0.3) is 11.8 Å². The number of halogens is 2. The Bertz CT molecular complexity index is 711. The van der Waals surface area contributed by atoms with Crippen LogP contribution in [-0.2, 0) is 0 Å². The first-order chi connectivity index (χ1) is 12.2. The summed E-state index contributed by atoms with van der Waals surface area (Å²) >= 11 is 0. The summed E-state index contributed by atoms with van der Waals surface area (Å²) in [5, 5.41) is 0. The molecular weight excluding hydrogens is 340 g/mol. The zero-order valence-electron chi connectivity index (χ0n) is 15.3. The summed E-state index contributed by atoms with van der Waals surface area (Å²) in [5.41, 5.74) is 0.990. The average Bonchev–Trinajstić information content (AvgIpc) is 3.31. The number of alkyl halides is 2. The Morgan fingerprint density at radius 2 is 2.00 bits per heavy atom. The molecule has 4 rings (SSSR count). The van der Waals surface area contributed by atoms with Gasteiger partial charge in [-0.15, -0.1) is 0 Å². The molecule has 26 heavy (non-hydrogen) atoms. The molecule has 3 aliphatic rings. The Labute approximate surface area is 152 Å². The van der Waals surface area contributed by atoms with Crippen LogP contribution >= 0.6 is 0 Å². The first kappa shape index (κ1) is 17.5. The molecule has 2 saturated heterocycles. The molecule has 1 aromatic heterocycles. The van der Waals surface area contributed by atoms with Gasteiger partial charge in [0.1, 0.15) is 11.4 Å². The third kappa shape index (κ3) is 3.62. The molecule has 1 saturated carbocycles. The van der Waals surface area contributed by atoms with Gasteiger partial charge in [-0.3, -0.25) is 4.79 Å². The molecule has 0 N–H and O–H groups in total. The van der Waals surface area contributed by atoms with Gasteiger partial charge in [0.05, 0.1) is 19.7 Å². The summed E-state index contributed by atoms with van der Waals surface area (Å²) in [6.07, 6.45) is 3.21. The van der Waals surface area contributed by atoms with Crippen LogP contribution in [-0.4, -0.2) is 54.5 Å². The van der Waals surface area contributed by atoms with E-state index in [1.807, 2.05) is 4.90 Å². The summed E-state index contributed by atoms with van der Waals surface area (Å²) in [6, 6.07) is 3.32. The van der Waals surface area contributed by atoms with Crippen molar-refractivity contribution in [3.8, 4) is 5.88 Å². The maximum Gasteiger partial charge on any atom is 0.282 e. The molecule has 0 unspecified atom stereocenters. The molecule has 0 radical (unpaired) electrons. The number of hydrogen-bond donors (Lipinski definition) is 0. The highest BCUT2D eigenvalue weighted by atomic mass is 19.3. The SMILES string of the molecule is CC1(C)CCN(C(=O)c2ccc(N3CC(F)(F)C3)c(OCC3CC3)n2)C1. The van der Waals surface area contributed by atoms with Crippen molar-refractivity contribution in [1.29, 1.82) is 0 Å². The molecule has 0 bridgehead atoms. The quantitative estimate of drug-likeness (QED) is 0.804. The minimum Gasteiger partial charge on any atom is -0.476 e. The molecule has 7 heteroatoms. The molecule has 3 fully saturated rings. The van der Waals surface area contributed by atoms with E-state index in [2.05, 4.69) is 18.8 Å². The summed E-state index contributed by atoms with van der Waals surface area (Å²) in [4.78, 5) is 20.6. The van der Waals surface area contributed by atoms with Crippen molar-refractivity contribution in [3.05, 3.63) is 17.8 Å². The predicted octanol–water partition coefficient (Wildman–Crippen LogP) is 3.20. The van der Waals surface area contributed by atoms with Crippen LogP contribution in [0.2, 0.25) is 0 Å². The lowest BCUT2D eigenvalue weighted by Gasteiger charge is -2.40. The number of carbonyl (C=O) groups excluding carboxylic acids is 1. The minimum absolute atomic E-state index is 0.115. The van der Waals surface area contributed by atoms with Crippen molar-refractivity contribution in [2.75, 3.05) is 37.7 Å². The fraction of sp³-hybridized carbons (Fsp3) is 0.684. The Morgan fingerprint density at radius 3 is 2.58 bits per heavy atom. The normalized spacial score (nSPS) is 23.7. The third-order valence-corrected chi connectivity index (χ3v) is 5.36. The first-order valence-electron chi connectivity index (χ1n) is 9.28. The van der Waals surface area contributed by atoms with Crippen LogP contribution in [0.25, 0.3) is 0 Å². The number of amides is 1. The molecule has 142 valence electrons. The van der Waals surface area contributed by atoms with Gasteiger partial charge in [-0.05, 0) is 42.7 Å². The number of rotatable bonds is 5. The number of aromatic nitrogens is 1. The Balaban J connectivity index is 1.54. The predicted molar refractivity (Wildman–Crippen MR) is 93.9 cm³/mol. The number of hydrogen-bond acceptors (Lipinski definition) is 4. The molecule has 0 spiro atoms. The van der Waals surface area contributed by atoms with Gasteiger partial charge >= 0.3 is 0 Å². The fourth-order valence-electron chi connectivity index (χ4n) is 3.51. The minimum atomic E-state index is -2.66. The van der Waals surface area contributed by atoms with E-state index in [-0.39, 0.29) is 24.4 Å². The van der Waals surface area contributed by atoms with Crippen LogP contribution in [0.5, 0.6) is 5.88 Å². The van der Waals surface area contributed by atoms with Crippen molar-refractivity contribution < 1.29 is 18.3 Å². The van der Waals surface area contributed by atoms with Crippen LogP contribution in [0.15, 0.2) is 12.1 Å². The Kier molecular flexibility index (Phi) is 4.08. The average molecular weight is 365 g/mol.